The largest absolute Gasteiger partial charge is 0.385 e. The van der Waals surface area contributed by atoms with Crippen LogP contribution < -0.4 is 10.6 Å². The molecule has 1 amide bonds. The number of rotatable bonds is 6. The second-order valence-electron chi connectivity index (χ2n) is 8.11. The highest BCUT2D eigenvalue weighted by Gasteiger charge is 2.21. The van der Waals surface area contributed by atoms with E-state index in [1.165, 1.54) is 29.3 Å². The SMILES string of the molecule is CCSC1=N/C(=C\c2ccc3nc(-c4nc5ccc(NCC6CC6)cc5s4)sc3c2)C(=O)N1. The molecule has 0 bridgehead atoms. The number of amidine groups is 1. The lowest BCUT2D eigenvalue weighted by molar-refractivity contribution is -0.115. The first-order chi connectivity index (χ1) is 16.1. The van der Waals surface area contributed by atoms with Crippen LogP contribution in [0.1, 0.15) is 25.3 Å². The highest BCUT2D eigenvalue weighted by molar-refractivity contribution is 8.13. The van der Waals surface area contributed by atoms with Crippen molar-refractivity contribution in [2.75, 3.05) is 17.6 Å². The number of amides is 1. The summed E-state index contributed by atoms with van der Waals surface area (Å²) in [5.74, 6) is 1.55. The van der Waals surface area contributed by atoms with Crippen molar-refractivity contribution < 1.29 is 4.79 Å². The fourth-order valence-electron chi connectivity index (χ4n) is 3.64. The van der Waals surface area contributed by atoms with Crippen molar-refractivity contribution in [1.82, 2.24) is 15.3 Å². The third-order valence-electron chi connectivity index (χ3n) is 5.54. The van der Waals surface area contributed by atoms with Crippen molar-refractivity contribution in [3.05, 3.63) is 47.7 Å². The molecule has 1 aliphatic heterocycles. The number of carbonyl (C=O) groups is 1. The summed E-state index contributed by atoms with van der Waals surface area (Å²) in [6.07, 6.45) is 4.51. The van der Waals surface area contributed by atoms with Crippen LogP contribution in [0.5, 0.6) is 0 Å². The molecule has 2 aromatic carbocycles. The Morgan fingerprint density at radius 1 is 1.09 bits per heavy atom. The molecule has 1 saturated carbocycles. The van der Waals surface area contributed by atoms with Gasteiger partial charge in [0.1, 0.15) is 5.70 Å². The van der Waals surface area contributed by atoms with E-state index in [0.29, 0.717) is 10.9 Å². The maximum Gasteiger partial charge on any atom is 0.275 e. The van der Waals surface area contributed by atoms with Crippen LogP contribution in [-0.2, 0) is 4.79 Å². The second kappa shape index (κ2) is 8.55. The lowest BCUT2D eigenvalue weighted by Gasteiger charge is -2.04. The number of thiazole rings is 2. The highest BCUT2D eigenvalue weighted by Crippen LogP contribution is 2.37. The Bertz CT molecular complexity index is 1450. The Morgan fingerprint density at radius 3 is 2.55 bits per heavy atom. The van der Waals surface area contributed by atoms with Gasteiger partial charge in [0.2, 0.25) is 0 Å². The van der Waals surface area contributed by atoms with Crippen LogP contribution in [0.3, 0.4) is 0 Å². The van der Waals surface area contributed by atoms with Gasteiger partial charge in [-0.15, -0.1) is 22.7 Å². The normalized spacial score (nSPS) is 17.2. The first kappa shape index (κ1) is 20.8. The molecule has 3 heterocycles. The van der Waals surface area contributed by atoms with Gasteiger partial charge in [0.05, 0.1) is 20.4 Å². The van der Waals surface area contributed by atoms with Gasteiger partial charge in [-0.3, -0.25) is 10.1 Å². The van der Waals surface area contributed by atoms with E-state index in [0.717, 1.165) is 55.2 Å². The topological polar surface area (TPSA) is 79.3 Å². The molecule has 6 nitrogen and oxygen atoms in total. The van der Waals surface area contributed by atoms with Crippen LogP contribution >= 0.6 is 34.4 Å². The van der Waals surface area contributed by atoms with Crippen LogP contribution in [0, 0.1) is 5.92 Å². The fraction of sp³-hybridized carbons (Fsp3) is 0.250. The molecule has 2 aromatic heterocycles. The third kappa shape index (κ3) is 4.40. The van der Waals surface area contributed by atoms with Gasteiger partial charge in [0, 0.05) is 12.2 Å². The predicted octanol–water partition coefficient (Wildman–Crippen LogP) is 5.97. The Morgan fingerprint density at radius 2 is 1.82 bits per heavy atom. The summed E-state index contributed by atoms with van der Waals surface area (Å²) in [6.45, 7) is 3.09. The predicted molar refractivity (Wildman–Crippen MR) is 141 cm³/mol. The Kier molecular flexibility index (Phi) is 5.40. The zero-order valence-electron chi connectivity index (χ0n) is 17.9. The van der Waals surface area contributed by atoms with Gasteiger partial charge in [-0.25, -0.2) is 15.0 Å². The number of nitrogens with zero attached hydrogens (tertiary/aromatic N) is 3. The summed E-state index contributed by atoms with van der Waals surface area (Å²) in [5.41, 5.74) is 4.47. The monoisotopic (exact) mass is 491 g/mol. The highest BCUT2D eigenvalue weighted by atomic mass is 32.2. The molecular formula is C24H21N5OS3. The third-order valence-corrected chi connectivity index (χ3v) is 8.47. The maximum absolute atomic E-state index is 12.2. The minimum Gasteiger partial charge on any atom is -0.385 e. The number of aliphatic imine (C=N–C) groups is 1. The number of hydrogen-bond donors (Lipinski definition) is 2. The Balaban J connectivity index is 1.27. The minimum atomic E-state index is -0.156. The molecule has 2 N–H and O–H groups in total. The van der Waals surface area contributed by atoms with E-state index in [4.69, 9.17) is 9.97 Å². The van der Waals surface area contributed by atoms with Crippen LogP contribution in [0.15, 0.2) is 47.1 Å². The zero-order chi connectivity index (χ0) is 22.4. The van der Waals surface area contributed by atoms with E-state index in [-0.39, 0.29) is 5.91 Å². The molecule has 6 rings (SSSR count). The molecule has 1 aliphatic carbocycles. The van der Waals surface area contributed by atoms with Crippen molar-refractivity contribution in [3.63, 3.8) is 0 Å². The number of thioether (sulfide) groups is 1. The summed E-state index contributed by atoms with van der Waals surface area (Å²) < 4.78 is 2.23. The standard InChI is InChI=1S/C24H21N5OS3/c1-2-31-24-28-18(21(30)29-24)9-14-5-7-16-19(10-14)32-22(26-16)23-27-17-8-6-15(11-20(17)33-23)25-12-13-3-4-13/h5-11,13,25H,2-4,12H2,1H3,(H,28,29,30)/b18-9-. The van der Waals surface area contributed by atoms with Gasteiger partial charge in [-0.1, -0.05) is 24.8 Å². The average Bonchev–Trinajstić information content (AvgIpc) is 3.22. The fourth-order valence-corrected chi connectivity index (χ4v) is 6.28. The quantitative estimate of drug-likeness (QED) is 0.325. The summed E-state index contributed by atoms with van der Waals surface area (Å²) in [7, 11) is 0. The zero-order valence-corrected chi connectivity index (χ0v) is 20.4. The lowest BCUT2D eigenvalue weighted by atomic mass is 10.2. The lowest BCUT2D eigenvalue weighted by Crippen LogP contribution is -2.21. The van der Waals surface area contributed by atoms with E-state index in [1.54, 1.807) is 22.7 Å². The van der Waals surface area contributed by atoms with Crippen molar-refractivity contribution in [1.29, 1.82) is 0 Å². The van der Waals surface area contributed by atoms with Gasteiger partial charge in [-0.05, 0) is 66.5 Å². The van der Waals surface area contributed by atoms with Crippen LogP contribution in [0.2, 0.25) is 0 Å². The Hall–Kier alpha value is -2.75. The molecule has 0 unspecified atom stereocenters. The van der Waals surface area contributed by atoms with Crippen LogP contribution in [0.4, 0.5) is 5.69 Å². The van der Waals surface area contributed by atoms with Gasteiger partial charge in [-0.2, -0.15) is 0 Å². The first-order valence-electron chi connectivity index (χ1n) is 10.9. The first-order valence-corrected chi connectivity index (χ1v) is 13.6. The molecule has 0 saturated heterocycles. The second-order valence-corrected chi connectivity index (χ2v) is 11.4. The van der Waals surface area contributed by atoms with E-state index in [1.807, 2.05) is 25.1 Å². The molecule has 0 radical (unpaired) electrons. The molecule has 2 aliphatic rings. The number of hydrogen-bond acceptors (Lipinski definition) is 8. The molecule has 166 valence electrons. The van der Waals surface area contributed by atoms with E-state index >= 15 is 0 Å². The number of benzene rings is 2. The molecular weight excluding hydrogens is 470 g/mol. The van der Waals surface area contributed by atoms with Crippen LogP contribution in [-0.4, -0.2) is 33.3 Å². The Labute approximate surface area is 203 Å². The van der Waals surface area contributed by atoms with E-state index in [9.17, 15) is 4.79 Å². The van der Waals surface area contributed by atoms with Crippen LogP contribution in [0.25, 0.3) is 36.5 Å². The summed E-state index contributed by atoms with van der Waals surface area (Å²) >= 11 is 4.83. The number of aromatic nitrogens is 2. The maximum atomic E-state index is 12.2. The van der Waals surface area contributed by atoms with Gasteiger partial charge < -0.3 is 5.32 Å². The van der Waals surface area contributed by atoms with Crippen molar-refractivity contribution in [2.45, 2.75) is 19.8 Å². The molecule has 1 fully saturated rings. The number of fused-ring (bicyclic) bond motifs is 2. The van der Waals surface area contributed by atoms with Gasteiger partial charge in [0.25, 0.3) is 5.91 Å². The molecule has 0 spiro atoms. The molecule has 9 heteroatoms. The van der Waals surface area contributed by atoms with Gasteiger partial charge >= 0.3 is 0 Å². The average molecular weight is 492 g/mol. The summed E-state index contributed by atoms with van der Waals surface area (Å²) in [5, 5.41) is 8.86. The smallest absolute Gasteiger partial charge is 0.275 e. The summed E-state index contributed by atoms with van der Waals surface area (Å²) in [4.78, 5) is 26.2. The number of carbonyl (C=O) groups excluding carboxylic acids is 1. The minimum absolute atomic E-state index is 0.156. The molecule has 4 aromatic rings. The van der Waals surface area contributed by atoms with E-state index in [2.05, 4.69) is 39.9 Å². The molecule has 33 heavy (non-hydrogen) atoms. The number of anilines is 1. The van der Waals surface area contributed by atoms with Crippen molar-refractivity contribution in [3.8, 4) is 10.0 Å². The number of nitrogens with one attached hydrogen (secondary N) is 2. The van der Waals surface area contributed by atoms with E-state index < -0.39 is 0 Å². The summed E-state index contributed by atoms with van der Waals surface area (Å²) in [6, 6.07) is 12.4. The molecule has 0 atom stereocenters. The van der Waals surface area contributed by atoms with Gasteiger partial charge in [0.15, 0.2) is 15.2 Å². The van der Waals surface area contributed by atoms with Crippen molar-refractivity contribution in [2.24, 2.45) is 10.9 Å². The van der Waals surface area contributed by atoms with Crippen molar-refractivity contribution >= 4 is 77.7 Å².